The number of benzene rings is 3. The highest BCUT2D eigenvalue weighted by atomic mass is 79.9. The van der Waals surface area contributed by atoms with Crippen LogP contribution in [-0.2, 0) is 0 Å². The Balaban J connectivity index is 1.57. The summed E-state index contributed by atoms with van der Waals surface area (Å²) in [5.74, 6) is -1.34. The lowest BCUT2D eigenvalue weighted by atomic mass is 10.0. The first-order valence-corrected chi connectivity index (χ1v) is 8.77. The van der Waals surface area contributed by atoms with E-state index in [1.165, 1.54) is 6.07 Å². The number of hydrogen-bond acceptors (Lipinski definition) is 3. The Bertz CT molecular complexity index is 1020. The Labute approximate surface area is 161 Å². The number of amides is 1. The molecule has 3 aromatic rings. The summed E-state index contributed by atoms with van der Waals surface area (Å²) < 4.78 is 39.0. The molecule has 0 unspecified atom stereocenters. The molecule has 1 N–H and O–H groups in total. The number of fused-ring (bicyclic) bond motifs is 1. The molecular formula is C20H12BrF2NO3. The molecule has 0 aromatic heterocycles. The zero-order valence-electron chi connectivity index (χ0n) is 13.8. The number of hydrogen-bond donors (Lipinski definition) is 1. The van der Waals surface area contributed by atoms with Crippen molar-refractivity contribution in [3.05, 3.63) is 76.3 Å². The predicted molar refractivity (Wildman–Crippen MR) is 100 cm³/mol. The molecule has 0 bridgehead atoms. The summed E-state index contributed by atoms with van der Waals surface area (Å²) in [4.78, 5) is 12.2. The molecule has 1 heterocycles. The maximum atomic E-state index is 13.7. The highest BCUT2D eigenvalue weighted by Gasteiger charge is 2.18. The second-order valence-electron chi connectivity index (χ2n) is 5.81. The normalized spacial score (nSPS) is 12.1. The van der Waals surface area contributed by atoms with Gasteiger partial charge in [-0.15, -0.1) is 0 Å². The van der Waals surface area contributed by atoms with Crippen LogP contribution in [0.25, 0.3) is 11.1 Å². The monoisotopic (exact) mass is 431 g/mol. The summed E-state index contributed by atoms with van der Waals surface area (Å²) in [6.07, 6.45) is 0. The lowest BCUT2D eigenvalue weighted by Crippen LogP contribution is -2.15. The van der Waals surface area contributed by atoms with Crippen LogP contribution in [0.3, 0.4) is 0 Å². The van der Waals surface area contributed by atoms with Crippen molar-refractivity contribution >= 4 is 27.5 Å². The first kappa shape index (κ1) is 17.5. The van der Waals surface area contributed by atoms with E-state index in [1.807, 2.05) is 12.1 Å². The van der Waals surface area contributed by atoms with Crippen LogP contribution in [0.1, 0.15) is 10.4 Å². The first-order chi connectivity index (χ1) is 13.0. The van der Waals surface area contributed by atoms with Gasteiger partial charge in [0.05, 0.1) is 0 Å². The van der Waals surface area contributed by atoms with Crippen LogP contribution < -0.4 is 14.8 Å². The van der Waals surface area contributed by atoms with Gasteiger partial charge in [0.15, 0.2) is 11.5 Å². The minimum Gasteiger partial charge on any atom is -0.454 e. The fourth-order valence-electron chi connectivity index (χ4n) is 2.78. The van der Waals surface area contributed by atoms with Crippen molar-refractivity contribution in [2.24, 2.45) is 0 Å². The van der Waals surface area contributed by atoms with Gasteiger partial charge in [0.1, 0.15) is 17.2 Å². The Hall–Kier alpha value is -2.93. The van der Waals surface area contributed by atoms with Crippen molar-refractivity contribution in [2.75, 3.05) is 12.1 Å². The number of anilines is 1. The summed E-state index contributed by atoms with van der Waals surface area (Å²) >= 11 is 3.50. The molecular weight excluding hydrogens is 420 g/mol. The van der Waals surface area contributed by atoms with Crippen LogP contribution in [0.2, 0.25) is 0 Å². The summed E-state index contributed by atoms with van der Waals surface area (Å²) in [5, 5.41) is 2.50. The largest absolute Gasteiger partial charge is 0.454 e. The van der Waals surface area contributed by atoms with Gasteiger partial charge in [0, 0.05) is 10.2 Å². The lowest BCUT2D eigenvalue weighted by Gasteiger charge is -2.10. The molecule has 0 fully saturated rings. The zero-order valence-corrected chi connectivity index (χ0v) is 15.3. The summed E-state index contributed by atoms with van der Waals surface area (Å²) in [6.45, 7) is 0.183. The van der Waals surface area contributed by atoms with Gasteiger partial charge in [-0.2, -0.15) is 0 Å². The number of nitrogens with one attached hydrogen (secondary N) is 1. The van der Waals surface area contributed by atoms with Crippen molar-refractivity contribution in [2.45, 2.75) is 0 Å². The van der Waals surface area contributed by atoms with Crippen molar-refractivity contribution < 1.29 is 23.0 Å². The van der Waals surface area contributed by atoms with Crippen molar-refractivity contribution in [1.29, 1.82) is 0 Å². The molecule has 1 aliphatic rings. The molecule has 136 valence electrons. The van der Waals surface area contributed by atoms with E-state index in [4.69, 9.17) is 9.47 Å². The van der Waals surface area contributed by atoms with Crippen molar-refractivity contribution in [1.82, 2.24) is 0 Å². The Kier molecular flexibility index (Phi) is 4.53. The van der Waals surface area contributed by atoms with E-state index in [0.717, 1.165) is 27.7 Å². The standard InChI is InChI=1S/C20H12BrF2NO3/c21-14-9-18-17(26-10-27-18)8-13(14)11-4-6-12(7-5-11)24-20(25)19-15(22)2-1-3-16(19)23/h1-9H,10H2,(H,24,25). The van der Waals surface area contributed by atoms with E-state index in [2.05, 4.69) is 21.2 Å². The van der Waals surface area contributed by atoms with Crippen LogP contribution in [0, 0.1) is 11.6 Å². The summed E-state index contributed by atoms with van der Waals surface area (Å²) in [7, 11) is 0. The Morgan fingerprint density at radius 3 is 2.26 bits per heavy atom. The van der Waals surface area contributed by atoms with Crippen LogP contribution >= 0.6 is 15.9 Å². The first-order valence-electron chi connectivity index (χ1n) is 7.98. The maximum Gasteiger partial charge on any atom is 0.261 e. The third-order valence-corrected chi connectivity index (χ3v) is 4.76. The van der Waals surface area contributed by atoms with Gasteiger partial charge in [-0.05, 0) is 47.5 Å². The molecule has 0 atom stereocenters. The van der Waals surface area contributed by atoms with Crippen LogP contribution in [0.5, 0.6) is 11.5 Å². The molecule has 1 aliphatic heterocycles. The van der Waals surface area contributed by atoms with Crippen LogP contribution in [-0.4, -0.2) is 12.7 Å². The number of halogens is 3. The number of rotatable bonds is 3. The molecule has 4 nitrogen and oxygen atoms in total. The van der Waals surface area contributed by atoms with E-state index in [1.54, 1.807) is 24.3 Å². The predicted octanol–water partition coefficient (Wildman–Crippen LogP) is 5.38. The fourth-order valence-corrected chi connectivity index (χ4v) is 3.33. The number of carbonyl (C=O) groups is 1. The minimum atomic E-state index is -0.909. The molecule has 0 saturated carbocycles. The molecule has 7 heteroatoms. The zero-order chi connectivity index (χ0) is 19.0. The highest BCUT2D eigenvalue weighted by molar-refractivity contribution is 9.10. The second-order valence-corrected chi connectivity index (χ2v) is 6.67. The van der Waals surface area contributed by atoms with Crippen molar-refractivity contribution in [3.8, 4) is 22.6 Å². The number of carbonyl (C=O) groups excluding carboxylic acids is 1. The molecule has 3 aromatic carbocycles. The molecule has 0 saturated heterocycles. The smallest absolute Gasteiger partial charge is 0.261 e. The number of ether oxygens (including phenoxy) is 2. The second kappa shape index (κ2) is 7.00. The summed E-state index contributed by atoms with van der Waals surface area (Å²) in [5.41, 5.74) is 1.57. The molecule has 0 spiro atoms. The third-order valence-electron chi connectivity index (χ3n) is 4.11. The van der Waals surface area contributed by atoms with E-state index >= 15 is 0 Å². The van der Waals surface area contributed by atoms with E-state index in [-0.39, 0.29) is 6.79 Å². The van der Waals surface area contributed by atoms with Gasteiger partial charge < -0.3 is 14.8 Å². The van der Waals surface area contributed by atoms with Gasteiger partial charge >= 0.3 is 0 Å². The van der Waals surface area contributed by atoms with E-state index in [9.17, 15) is 13.6 Å². The maximum absolute atomic E-state index is 13.7. The molecule has 0 aliphatic carbocycles. The topological polar surface area (TPSA) is 47.6 Å². The average molecular weight is 432 g/mol. The quantitative estimate of drug-likeness (QED) is 0.605. The van der Waals surface area contributed by atoms with Crippen LogP contribution in [0.15, 0.2) is 59.1 Å². The molecule has 27 heavy (non-hydrogen) atoms. The summed E-state index contributed by atoms with van der Waals surface area (Å²) in [6, 6.07) is 13.9. The minimum absolute atomic E-state index is 0.183. The Morgan fingerprint density at radius 1 is 0.963 bits per heavy atom. The molecule has 1 amide bonds. The van der Waals surface area contributed by atoms with Gasteiger partial charge in [-0.3, -0.25) is 4.79 Å². The van der Waals surface area contributed by atoms with Gasteiger partial charge in [-0.1, -0.05) is 34.1 Å². The Morgan fingerprint density at radius 2 is 1.59 bits per heavy atom. The van der Waals surface area contributed by atoms with E-state index < -0.39 is 23.1 Å². The van der Waals surface area contributed by atoms with Gasteiger partial charge in [0.2, 0.25) is 6.79 Å². The third kappa shape index (κ3) is 3.38. The van der Waals surface area contributed by atoms with Gasteiger partial charge in [0.25, 0.3) is 5.91 Å². The van der Waals surface area contributed by atoms with E-state index in [0.29, 0.717) is 17.2 Å². The fraction of sp³-hybridized carbons (Fsp3) is 0.0500. The van der Waals surface area contributed by atoms with Crippen molar-refractivity contribution in [3.63, 3.8) is 0 Å². The van der Waals surface area contributed by atoms with Gasteiger partial charge in [-0.25, -0.2) is 8.78 Å². The lowest BCUT2D eigenvalue weighted by molar-refractivity contribution is 0.101. The molecule has 4 rings (SSSR count). The average Bonchev–Trinajstić information content (AvgIpc) is 3.09. The highest BCUT2D eigenvalue weighted by Crippen LogP contribution is 2.41. The SMILES string of the molecule is O=C(Nc1ccc(-c2cc3c(cc2Br)OCO3)cc1)c1c(F)cccc1F. The van der Waals surface area contributed by atoms with Crippen LogP contribution in [0.4, 0.5) is 14.5 Å². The molecule has 0 radical (unpaired) electrons.